The van der Waals surface area contributed by atoms with Crippen LogP contribution in [0.5, 0.6) is 0 Å². The van der Waals surface area contributed by atoms with E-state index < -0.39 is 0 Å². The maximum atomic E-state index is 9.82. The average molecular weight is 240 g/mol. The summed E-state index contributed by atoms with van der Waals surface area (Å²) in [5.41, 5.74) is 0. The molecule has 0 spiro atoms. The lowest BCUT2D eigenvalue weighted by Gasteiger charge is -2.20. The molecule has 1 unspecified atom stereocenters. The predicted molar refractivity (Wildman–Crippen MR) is 68.9 cm³/mol. The van der Waals surface area contributed by atoms with Crippen LogP contribution >= 0.6 is 0 Å². The largest absolute Gasteiger partial charge is 0.465 e. The molecule has 1 atom stereocenters. The highest BCUT2D eigenvalue weighted by atomic mass is 16.3. The van der Waals surface area contributed by atoms with Crippen molar-refractivity contribution in [3.63, 3.8) is 0 Å². The lowest BCUT2D eigenvalue weighted by atomic mass is 10.3. The van der Waals surface area contributed by atoms with Gasteiger partial charge in [-0.25, -0.2) is 0 Å². The van der Waals surface area contributed by atoms with Gasteiger partial charge >= 0.3 is 0 Å². The molecular formula is C13H24N2O2. The summed E-state index contributed by atoms with van der Waals surface area (Å²) in [5, 5.41) is 13.0. The smallest absolute Gasteiger partial charge is 0.118 e. The molecule has 4 heteroatoms. The molecule has 0 saturated heterocycles. The van der Waals surface area contributed by atoms with Crippen molar-refractivity contribution >= 4 is 0 Å². The molecule has 0 aliphatic rings. The summed E-state index contributed by atoms with van der Waals surface area (Å²) < 4.78 is 5.49. The van der Waals surface area contributed by atoms with Crippen molar-refractivity contribution in [2.24, 2.45) is 0 Å². The first kappa shape index (κ1) is 14.2. The number of nitrogens with one attached hydrogen (secondary N) is 1. The molecule has 1 rings (SSSR count). The molecule has 0 radical (unpaired) electrons. The molecule has 1 aromatic heterocycles. The molecule has 0 aromatic carbocycles. The Morgan fingerprint density at radius 3 is 2.65 bits per heavy atom. The third-order valence-corrected chi connectivity index (χ3v) is 2.51. The van der Waals surface area contributed by atoms with Crippen LogP contribution in [0.3, 0.4) is 0 Å². The number of hydrogen-bond acceptors (Lipinski definition) is 4. The first-order valence-corrected chi connectivity index (χ1v) is 6.12. The summed E-state index contributed by atoms with van der Waals surface area (Å²) in [6.07, 6.45) is -0.349. The van der Waals surface area contributed by atoms with E-state index in [1.54, 1.807) is 0 Å². The Labute approximate surface area is 104 Å². The highest BCUT2D eigenvalue weighted by Crippen LogP contribution is 2.08. The van der Waals surface area contributed by atoms with Crippen molar-refractivity contribution in [2.45, 2.75) is 39.5 Å². The minimum atomic E-state index is -0.349. The van der Waals surface area contributed by atoms with Gasteiger partial charge in [0.25, 0.3) is 0 Å². The van der Waals surface area contributed by atoms with E-state index in [4.69, 9.17) is 4.42 Å². The number of aliphatic hydroxyl groups excluding tert-OH is 1. The van der Waals surface area contributed by atoms with Gasteiger partial charge in [0.05, 0.1) is 12.6 Å². The van der Waals surface area contributed by atoms with Gasteiger partial charge in [0.1, 0.15) is 11.5 Å². The lowest BCUT2D eigenvalue weighted by Crippen LogP contribution is -2.38. The summed E-state index contributed by atoms with van der Waals surface area (Å²) in [6, 6.07) is 4.34. The van der Waals surface area contributed by atoms with Crippen molar-refractivity contribution < 1.29 is 9.52 Å². The maximum Gasteiger partial charge on any atom is 0.118 e. The van der Waals surface area contributed by atoms with E-state index in [1.807, 2.05) is 26.1 Å². The molecule has 98 valence electrons. The Kier molecular flexibility index (Phi) is 5.68. The number of likely N-dealkylation sites (N-methyl/N-ethyl adjacent to an activating group) is 1. The van der Waals surface area contributed by atoms with Gasteiger partial charge in [-0.3, -0.25) is 4.90 Å². The zero-order valence-corrected chi connectivity index (χ0v) is 11.2. The average Bonchev–Trinajstić information content (AvgIpc) is 2.60. The van der Waals surface area contributed by atoms with E-state index in [2.05, 4.69) is 24.1 Å². The third kappa shape index (κ3) is 5.86. The third-order valence-electron chi connectivity index (χ3n) is 2.51. The molecule has 1 aromatic rings. The molecule has 0 bridgehead atoms. The van der Waals surface area contributed by atoms with Gasteiger partial charge in [0.15, 0.2) is 0 Å². The van der Waals surface area contributed by atoms with Crippen molar-refractivity contribution in [3.8, 4) is 0 Å². The van der Waals surface area contributed by atoms with Gasteiger partial charge in [-0.2, -0.15) is 0 Å². The maximum absolute atomic E-state index is 9.82. The second kappa shape index (κ2) is 6.79. The van der Waals surface area contributed by atoms with Crippen molar-refractivity contribution in [1.29, 1.82) is 0 Å². The number of nitrogens with zero attached hydrogens (tertiary/aromatic N) is 1. The molecule has 2 N–H and O–H groups in total. The van der Waals surface area contributed by atoms with Crippen molar-refractivity contribution in [1.82, 2.24) is 10.2 Å². The lowest BCUT2D eigenvalue weighted by molar-refractivity contribution is 0.116. The standard InChI is InChI=1S/C13H24N2O2/c1-10(2)14-7-12(16)8-15(4)9-13-6-5-11(3)17-13/h5-6,10,12,14,16H,7-9H2,1-4H3. The number of furan rings is 1. The van der Waals surface area contributed by atoms with E-state index in [0.717, 1.165) is 18.1 Å². The van der Waals surface area contributed by atoms with Gasteiger partial charge in [-0.05, 0) is 26.1 Å². The fraction of sp³-hybridized carbons (Fsp3) is 0.692. The Bertz CT molecular complexity index is 323. The molecule has 0 amide bonds. The van der Waals surface area contributed by atoms with E-state index in [0.29, 0.717) is 19.1 Å². The fourth-order valence-electron chi connectivity index (χ4n) is 1.70. The van der Waals surface area contributed by atoms with Gasteiger partial charge in [0.2, 0.25) is 0 Å². The van der Waals surface area contributed by atoms with Crippen LogP contribution in [0.4, 0.5) is 0 Å². The highest BCUT2D eigenvalue weighted by Gasteiger charge is 2.10. The summed E-state index contributed by atoms with van der Waals surface area (Å²) in [6.45, 7) is 8.07. The molecule has 0 aliphatic heterocycles. The fourth-order valence-corrected chi connectivity index (χ4v) is 1.70. The van der Waals surface area contributed by atoms with E-state index in [9.17, 15) is 5.11 Å². The minimum absolute atomic E-state index is 0.349. The van der Waals surface area contributed by atoms with E-state index in [-0.39, 0.29) is 6.10 Å². The van der Waals surface area contributed by atoms with Crippen LogP contribution in [-0.2, 0) is 6.54 Å². The first-order chi connectivity index (χ1) is 7.97. The quantitative estimate of drug-likeness (QED) is 0.756. The molecule has 0 fully saturated rings. The second-order valence-electron chi connectivity index (χ2n) is 4.93. The first-order valence-electron chi connectivity index (χ1n) is 6.12. The normalized spacial score (nSPS) is 13.6. The summed E-state index contributed by atoms with van der Waals surface area (Å²) in [5.74, 6) is 1.87. The summed E-state index contributed by atoms with van der Waals surface area (Å²) >= 11 is 0. The van der Waals surface area contributed by atoms with Crippen LogP contribution in [0.1, 0.15) is 25.4 Å². The highest BCUT2D eigenvalue weighted by molar-refractivity contribution is 5.05. The van der Waals surface area contributed by atoms with Gasteiger partial charge in [-0.1, -0.05) is 13.8 Å². The Morgan fingerprint density at radius 1 is 1.41 bits per heavy atom. The molecular weight excluding hydrogens is 216 g/mol. The van der Waals surface area contributed by atoms with E-state index >= 15 is 0 Å². The zero-order chi connectivity index (χ0) is 12.8. The summed E-state index contributed by atoms with van der Waals surface area (Å²) in [4.78, 5) is 2.06. The zero-order valence-electron chi connectivity index (χ0n) is 11.2. The molecule has 0 saturated carbocycles. The van der Waals surface area contributed by atoms with Crippen LogP contribution in [0.2, 0.25) is 0 Å². The second-order valence-corrected chi connectivity index (χ2v) is 4.93. The Hall–Kier alpha value is -0.840. The van der Waals surface area contributed by atoms with Crippen LogP contribution in [0.15, 0.2) is 16.5 Å². The molecule has 1 heterocycles. The van der Waals surface area contributed by atoms with Crippen molar-refractivity contribution in [3.05, 3.63) is 23.7 Å². The Balaban J connectivity index is 2.26. The molecule has 0 aliphatic carbocycles. The van der Waals surface area contributed by atoms with Crippen LogP contribution in [-0.4, -0.2) is 42.3 Å². The molecule has 4 nitrogen and oxygen atoms in total. The van der Waals surface area contributed by atoms with Crippen LogP contribution in [0, 0.1) is 6.92 Å². The topological polar surface area (TPSA) is 48.6 Å². The van der Waals surface area contributed by atoms with E-state index in [1.165, 1.54) is 0 Å². The Morgan fingerprint density at radius 2 is 2.12 bits per heavy atom. The van der Waals surface area contributed by atoms with Crippen LogP contribution < -0.4 is 5.32 Å². The van der Waals surface area contributed by atoms with Gasteiger partial charge in [-0.15, -0.1) is 0 Å². The van der Waals surface area contributed by atoms with Crippen molar-refractivity contribution in [2.75, 3.05) is 20.1 Å². The number of aryl methyl sites for hydroxylation is 1. The van der Waals surface area contributed by atoms with Gasteiger partial charge in [0, 0.05) is 19.1 Å². The minimum Gasteiger partial charge on any atom is -0.465 e. The molecule has 17 heavy (non-hydrogen) atoms. The summed E-state index contributed by atoms with van der Waals surface area (Å²) in [7, 11) is 1.98. The number of hydrogen-bond donors (Lipinski definition) is 2. The monoisotopic (exact) mass is 240 g/mol. The SMILES string of the molecule is Cc1ccc(CN(C)CC(O)CNC(C)C)o1. The van der Waals surface area contributed by atoms with Gasteiger partial charge < -0.3 is 14.8 Å². The number of aliphatic hydroxyl groups is 1. The number of rotatable bonds is 7. The predicted octanol–water partition coefficient (Wildman–Crippen LogP) is 1.38. The van der Waals surface area contributed by atoms with Crippen LogP contribution in [0.25, 0.3) is 0 Å².